The molecule has 0 saturated heterocycles. The highest BCUT2D eigenvalue weighted by atomic mass is 28.3. The van der Waals surface area contributed by atoms with Crippen LogP contribution in [0, 0.1) is 0 Å². The van der Waals surface area contributed by atoms with Crippen LogP contribution in [0.25, 0.3) is 72.5 Å². The van der Waals surface area contributed by atoms with Gasteiger partial charge in [0.2, 0.25) is 0 Å². The van der Waals surface area contributed by atoms with E-state index in [0.29, 0.717) is 0 Å². The molecule has 49 heavy (non-hydrogen) atoms. The molecular formula is C45H35N3Si. The lowest BCUT2D eigenvalue weighted by molar-refractivity contribution is 0.661. The first-order valence-corrected chi connectivity index (χ1v) is 20.2. The zero-order chi connectivity index (χ0) is 33.1. The summed E-state index contributed by atoms with van der Waals surface area (Å²) < 4.78 is 2.47. The van der Waals surface area contributed by atoms with Gasteiger partial charge in [0.05, 0.1) is 22.4 Å². The molecular weight excluding hydrogens is 611 g/mol. The summed E-state index contributed by atoms with van der Waals surface area (Å²) in [5.74, 6) is 0.768. The van der Waals surface area contributed by atoms with E-state index >= 15 is 0 Å². The van der Waals surface area contributed by atoms with Gasteiger partial charge in [0.25, 0.3) is 0 Å². The fraction of sp³-hybridized carbons (Fsp3) is 0.111. The summed E-state index contributed by atoms with van der Waals surface area (Å²) in [5, 5.41) is 5.33. The Hall–Kier alpha value is -5.58. The Morgan fingerprint density at radius 1 is 0.551 bits per heavy atom. The normalized spacial score (nSPS) is 14.9. The molecule has 8 aromatic rings. The number of hydrogen-bond donors (Lipinski definition) is 0. The maximum absolute atomic E-state index is 5.36. The van der Waals surface area contributed by atoms with Crippen LogP contribution in [-0.2, 0) is 5.41 Å². The van der Waals surface area contributed by atoms with Crippen LogP contribution >= 0.6 is 0 Å². The zero-order valence-corrected chi connectivity index (χ0v) is 29.1. The predicted octanol–water partition coefficient (Wildman–Crippen LogP) is 10.0. The average molecular weight is 646 g/mol. The second-order valence-corrected chi connectivity index (χ2v) is 18.9. The summed E-state index contributed by atoms with van der Waals surface area (Å²) in [5.41, 5.74) is 14.6. The van der Waals surface area contributed by atoms with Crippen molar-refractivity contribution in [3.8, 4) is 50.7 Å². The highest BCUT2D eigenvalue weighted by molar-refractivity contribution is 7.04. The van der Waals surface area contributed by atoms with Gasteiger partial charge in [-0.1, -0.05) is 136 Å². The van der Waals surface area contributed by atoms with E-state index in [0.717, 1.165) is 34.0 Å². The van der Waals surface area contributed by atoms with Crippen molar-refractivity contribution in [2.75, 3.05) is 0 Å². The Balaban J connectivity index is 1.19. The van der Waals surface area contributed by atoms with Crippen LogP contribution in [0.5, 0.6) is 0 Å². The van der Waals surface area contributed by atoms with Gasteiger partial charge in [0, 0.05) is 38.6 Å². The molecule has 1 aliphatic heterocycles. The van der Waals surface area contributed by atoms with Gasteiger partial charge in [0.15, 0.2) is 5.82 Å². The number of nitrogens with zero attached hydrogens (tertiary/aromatic N) is 3. The summed E-state index contributed by atoms with van der Waals surface area (Å²) in [6, 6.07) is 50.8. The van der Waals surface area contributed by atoms with Gasteiger partial charge >= 0.3 is 0 Å². The Bertz CT molecular complexity index is 2650. The van der Waals surface area contributed by atoms with Crippen LogP contribution in [0.1, 0.15) is 25.0 Å². The Labute approximate surface area is 287 Å². The molecule has 0 radical (unpaired) electrons. The molecule has 0 spiro atoms. The van der Waals surface area contributed by atoms with Crippen molar-refractivity contribution in [1.82, 2.24) is 14.5 Å². The molecule has 0 unspecified atom stereocenters. The van der Waals surface area contributed by atoms with Crippen molar-refractivity contribution in [1.29, 1.82) is 0 Å². The lowest BCUT2D eigenvalue weighted by Gasteiger charge is -2.21. The van der Waals surface area contributed by atoms with Gasteiger partial charge in [-0.25, -0.2) is 9.97 Å². The largest absolute Gasteiger partial charge is 0.309 e. The number of hydrogen-bond acceptors (Lipinski definition) is 2. The van der Waals surface area contributed by atoms with Gasteiger partial charge in [-0.05, 0) is 63.0 Å². The molecule has 4 heteroatoms. The molecule has 3 nitrogen and oxygen atoms in total. The minimum atomic E-state index is -2.00. The van der Waals surface area contributed by atoms with Crippen molar-refractivity contribution in [3.05, 3.63) is 151 Å². The molecule has 0 N–H and O–H groups in total. The third-order valence-electron chi connectivity index (χ3n) is 11.2. The molecule has 1 aliphatic carbocycles. The summed E-state index contributed by atoms with van der Waals surface area (Å²) in [6.07, 6.45) is 0. The maximum Gasteiger partial charge on any atom is 0.160 e. The van der Waals surface area contributed by atoms with Crippen LogP contribution in [-0.4, -0.2) is 22.6 Å². The van der Waals surface area contributed by atoms with Gasteiger partial charge in [0.1, 0.15) is 8.07 Å². The fourth-order valence-electron chi connectivity index (χ4n) is 8.82. The van der Waals surface area contributed by atoms with Gasteiger partial charge in [-0.15, -0.1) is 0 Å². The average Bonchev–Trinajstić information content (AvgIpc) is 3.69. The highest BCUT2D eigenvalue weighted by Gasteiger charge is 2.42. The van der Waals surface area contributed by atoms with Crippen molar-refractivity contribution < 1.29 is 0 Å². The van der Waals surface area contributed by atoms with E-state index in [2.05, 4.69) is 171 Å². The number of fused-ring (bicyclic) bond motifs is 10. The van der Waals surface area contributed by atoms with Crippen LogP contribution in [0.4, 0.5) is 0 Å². The van der Waals surface area contributed by atoms with E-state index in [-0.39, 0.29) is 5.41 Å². The summed E-state index contributed by atoms with van der Waals surface area (Å²) >= 11 is 0. The van der Waals surface area contributed by atoms with Gasteiger partial charge in [-0.2, -0.15) is 0 Å². The van der Waals surface area contributed by atoms with Crippen LogP contribution < -0.4 is 10.4 Å². The van der Waals surface area contributed by atoms with Gasteiger partial charge in [-0.3, -0.25) is 0 Å². The zero-order valence-electron chi connectivity index (χ0n) is 28.1. The summed E-state index contributed by atoms with van der Waals surface area (Å²) in [6.45, 7) is 9.58. The quantitative estimate of drug-likeness (QED) is 0.179. The molecule has 0 amide bonds. The van der Waals surface area contributed by atoms with Crippen molar-refractivity contribution in [2.24, 2.45) is 0 Å². The van der Waals surface area contributed by atoms with Crippen LogP contribution in [0.3, 0.4) is 0 Å². The smallest absolute Gasteiger partial charge is 0.160 e. The number of aromatic nitrogens is 3. The van der Waals surface area contributed by atoms with E-state index in [1.807, 2.05) is 0 Å². The molecule has 2 aliphatic rings. The standard InChI is InChI=1S/C45H35N3Si/c1-45(2)35-19-11-8-17-33(35)39-36(45)27-26-32-31-16-9-12-20-37(31)48(42(32)39)30-24-22-29(23-25-30)44-46-40(28-14-6-5-7-15-28)43-41(47-44)34-18-10-13-21-38(34)49(43,3)4/h5-27H,1-4H3. The topological polar surface area (TPSA) is 30.7 Å². The van der Waals surface area contributed by atoms with Gasteiger partial charge < -0.3 is 4.57 Å². The second-order valence-electron chi connectivity index (χ2n) is 14.6. The highest BCUT2D eigenvalue weighted by Crippen LogP contribution is 2.52. The van der Waals surface area contributed by atoms with E-state index in [1.54, 1.807) is 0 Å². The first-order chi connectivity index (χ1) is 23.8. The molecule has 2 aromatic heterocycles. The number of benzene rings is 6. The molecule has 0 fully saturated rings. The second kappa shape index (κ2) is 9.97. The number of rotatable bonds is 3. The minimum Gasteiger partial charge on any atom is -0.309 e. The molecule has 0 atom stereocenters. The molecule has 6 aromatic carbocycles. The lowest BCUT2D eigenvalue weighted by Crippen LogP contribution is -2.50. The van der Waals surface area contributed by atoms with Crippen LogP contribution in [0.15, 0.2) is 140 Å². The first kappa shape index (κ1) is 28.4. The Kier molecular flexibility index (Phi) is 5.79. The molecule has 3 heterocycles. The maximum atomic E-state index is 5.36. The predicted molar refractivity (Wildman–Crippen MR) is 207 cm³/mol. The minimum absolute atomic E-state index is 0.0668. The van der Waals surface area contributed by atoms with E-state index in [1.165, 1.54) is 60.0 Å². The Morgan fingerprint density at radius 2 is 1.22 bits per heavy atom. The van der Waals surface area contributed by atoms with E-state index in [9.17, 15) is 0 Å². The molecule has 0 bridgehead atoms. The van der Waals surface area contributed by atoms with Crippen molar-refractivity contribution in [2.45, 2.75) is 32.4 Å². The third kappa shape index (κ3) is 3.83. The summed E-state index contributed by atoms with van der Waals surface area (Å²) in [7, 11) is -2.00. The molecule has 10 rings (SSSR count). The monoisotopic (exact) mass is 645 g/mol. The van der Waals surface area contributed by atoms with Crippen LogP contribution in [0.2, 0.25) is 13.1 Å². The SMILES string of the molecule is CC1(C)c2ccccc2-c2c1ccc1c3ccccc3n(-c3ccc(-c4nc(-c5ccccc5)c5c(n4)-c4ccccc4[Si]5(C)C)cc3)c21. The van der Waals surface area contributed by atoms with Crippen molar-refractivity contribution in [3.63, 3.8) is 0 Å². The summed E-state index contributed by atoms with van der Waals surface area (Å²) in [4.78, 5) is 10.7. The molecule has 234 valence electrons. The first-order valence-electron chi connectivity index (χ1n) is 17.2. The third-order valence-corrected chi connectivity index (χ3v) is 14.7. The Morgan fingerprint density at radius 3 is 2.04 bits per heavy atom. The lowest BCUT2D eigenvalue weighted by atomic mass is 9.82. The van der Waals surface area contributed by atoms with Crippen molar-refractivity contribution >= 4 is 40.3 Å². The molecule has 0 saturated carbocycles. The number of para-hydroxylation sites is 1. The fourth-order valence-corrected chi connectivity index (χ4v) is 12.1. The van der Waals surface area contributed by atoms with E-state index < -0.39 is 8.07 Å². The van der Waals surface area contributed by atoms with E-state index in [4.69, 9.17) is 9.97 Å².